The third-order valence-electron chi connectivity index (χ3n) is 6.01. The highest BCUT2D eigenvalue weighted by Gasteiger charge is 2.37. The number of hydrogen-bond acceptors (Lipinski definition) is 5. The number of likely N-dealkylation sites (tertiary alicyclic amines) is 1. The van der Waals surface area contributed by atoms with Crippen molar-refractivity contribution in [2.75, 3.05) is 32.7 Å². The molecule has 9 heteroatoms. The first-order chi connectivity index (χ1) is 14.9. The van der Waals surface area contributed by atoms with Crippen molar-refractivity contribution < 1.29 is 22.7 Å². The molecule has 2 saturated heterocycles. The van der Waals surface area contributed by atoms with E-state index >= 15 is 0 Å². The van der Waals surface area contributed by atoms with Crippen molar-refractivity contribution >= 4 is 22.0 Å². The van der Waals surface area contributed by atoms with E-state index in [0.29, 0.717) is 45.6 Å². The molecule has 2 aliphatic heterocycles. The average molecular weight is 450 g/mol. The van der Waals surface area contributed by atoms with Gasteiger partial charge < -0.3 is 15.0 Å². The molecule has 2 amide bonds. The van der Waals surface area contributed by atoms with E-state index in [1.54, 1.807) is 9.21 Å². The fraction of sp³-hybridized carbons (Fsp3) is 0.545. The predicted molar refractivity (Wildman–Crippen MR) is 118 cm³/mol. The quantitative estimate of drug-likeness (QED) is 0.644. The Bertz CT molecular complexity index is 858. The molecular weight excluding hydrogens is 418 g/mol. The van der Waals surface area contributed by atoms with E-state index in [4.69, 9.17) is 4.74 Å². The van der Waals surface area contributed by atoms with Gasteiger partial charge in [0, 0.05) is 32.7 Å². The molecule has 1 N–H and O–H groups in total. The molecule has 170 valence electrons. The van der Waals surface area contributed by atoms with Gasteiger partial charge in [-0.05, 0) is 43.2 Å². The van der Waals surface area contributed by atoms with Crippen LogP contribution in [0, 0.1) is 5.92 Å². The summed E-state index contributed by atoms with van der Waals surface area (Å²) in [6.45, 7) is 5.87. The second-order valence-corrected chi connectivity index (χ2v) is 10.3. The van der Waals surface area contributed by atoms with Crippen LogP contribution in [0.5, 0.6) is 0 Å². The summed E-state index contributed by atoms with van der Waals surface area (Å²) in [6, 6.07) is 9.46. The molecule has 0 saturated carbocycles. The van der Waals surface area contributed by atoms with Crippen LogP contribution in [0.3, 0.4) is 0 Å². The predicted octanol–water partition coefficient (Wildman–Crippen LogP) is 2.13. The molecule has 0 aromatic heterocycles. The maximum absolute atomic E-state index is 13.1. The van der Waals surface area contributed by atoms with Crippen LogP contribution in [-0.4, -0.2) is 67.6 Å². The van der Waals surface area contributed by atoms with Crippen molar-refractivity contribution in [1.82, 2.24) is 14.5 Å². The van der Waals surface area contributed by atoms with Gasteiger partial charge in [-0.25, -0.2) is 17.5 Å². The van der Waals surface area contributed by atoms with Gasteiger partial charge in [0.15, 0.2) is 0 Å². The zero-order valence-corrected chi connectivity index (χ0v) is 18.6. The number of nitrogens with one attached hydrogen (secondary N) is 1. The number of amides is 2. The molecule has 1 aromatic carbocycles. The lowest BCUT2D eigenvalue weighted by Crippen LogP contribution is -2.49. The van der Waals surface area contributed by atoms with E-state index < -0.39 is 21.4 Å². The van der Waals surface area contributed by atoms with Crippen LogP contribution >= 0.6 is 0 Å². The van der Waals surface area contributed by atoms with Crippen LogP contribution in [-0.2, 0) is 26.2 Å². The summed E-state index contributed by atoms with van der Waals surface area (Å²) in [5.41, 5.74) is 0.917. The Morgan fingerprint density at radius 2 is 1.71 bits per heavy atom. The maximum Gasteiger partial charge on any atom is 0.410 e. The number of sulfonamides is 1. The normalized spacial score (nSPS) is 19.0. The van der Waals surface area contributed by atoms with Gasteiger partial charge in [0.05, 0.1) is 5.25 Å². The molecule has 2 fully saturated rings. The molecule has 3 rings (SSSR count). The highest BCUT2D eigenvalue weighted by molar-refractivity contribution is 7.89. The van der Waals surface area contributed by atoms with E-state index in [1.165, 1.54) is 6.08 Å². The lowest BCUT2D eigenvalue weighted by molar-refractivity contribution is -0.116. The Kier molecular flexibility index (Phi) is 8.09. The molecule has 2 aliphatic rings. The zero-order chi connectivity index (χ0) is 22.3. The summed E-state index contributed by atoms with van der Waals surface area (Å²) < 4.78 is 33.0. The highest BCUT2D eigenvalue weighted by Crippen LogP contribution is 2.26. The third kappa shape index (κ3) is 6.30. The molecule has 0 atom stereocenters. The zero-order valence-electron chi connectivity index (χ0n) is 17.7. The summed E-state index contributed by atoms with van der Waals surface area (Å²) in [7, 11) is -3.40. The van der Waals surface area contributed by atoms with Crippen LogP contribution in [0.4, 0.5) is 4.79 Å². The summed E-state index contributed by atoms with van der Waals surface area (Å²) in [4.78, 5) is 25.2. The maximum atomic E-state index is 13.1. The van der Waals surface area contributed by atoms with Gasteiger partial charge >= 0.3 is 6.09 Å². The van der Waals surface area contributed by atoms with Crippen LogP contribution in [0.15, 0.2) is 43.0 Å². The fourth-order valence-electron chi connectivity index (χ4n) is 4.04. The number of hydrogen-bond donors (Lipinski definition) is 1. The first-order valence-electron chi connectivity index (χ1n) is 10.7. The average Bonchev–Trinajstić information content (AvgIpc) is 2.82. The summed E-state index contributed by atoms with van der Waals surface area (Å²) in [6.07, 6.45) is 3.12. The first-order valence-corrected chi connectivity index (χ1v) is 12.3. The minimum Gasteiger partial charge on any atom is -0.445 e. The van der Waals surface area contributed by atoms with Crippen molar-refractivity contribution in [2.45, 2.75) is 37.5 Å². The second kappa shape index (κ2) is 10.8. The van der Waals surface area contributed by atoms with Crippen LogP contribution in [0.25, 0.3) is 0 Å². The lowest BCUT2D eigenvalue weighted by Gasteiger charge is -2.37. The number of ether oxygens (including phenoxy) is 1. The van der Waals surface area contributed by atoms with Gasteiger partial charge in [0.1, 0.15) is 6.61 Å². The Morgan fingerprint density at radius 1 is 1.06 bits per heavy atom. The molecule has 2 heterocycles. The fourth-order valence-corrected chi connectivity index (χ4v) is 5.99. The number of piperidine rings is 2. The lowest BCUT2D eigenvalue weighted by atomic mass is 9.98. The molecule has 0 unspecified atom stereocenters. The smallest absolute Gasteiger partial charge is 0.410 e. The first kappa shape index (κ1) is 23.3. The van der Waals surface area contributed by atoms with Crippen LogP contribution < -0.4 is 5.32 Å². The topological polar surface area (TPSA) is 96.0 Å². The molecule has 0 spiro atoms. The van der Waals surface area contributed by atoms with Crippen LogP contribution in [0.2, 0.25) is 0 Å². The Balaban J connectivity index is 1.42. The Hall–Kier alpha value is -2.39. The van der Waals surface area contributed by atoms with Crippen LogP contribution in [0.1, 0.15) is 31.2 Å². The van der Waals surface area contributed by atoms with Crippen molar-refractivity contribution in [3.8, 4) is 0 Å². The molecular formula is C22H31N3O5S. The molecule has 0 bridgehead atoms. The molecule has 8 nitrogen and oxygen atoms in total. The number of benzene rings is 1. The molecule has 31 heavy (non-hydrogen) atoms. The summed E-state index contributed by atoms with van der Waals surface area (Å²) in [5.74, 6) is 0.0701. The number of carbonyl (C=O) groups excluding carboxylic acids is 2. The highest BCUT2D eigenvalue weighted by atomic mass is 32.2. The number of carbonyl (C=O) groups is 2. The minimum atomic E-state index is -3.40. The third-order valence-corrected chi connectivity index (χ3v) is 8.41. The molecule has 1 aromatic rings. The van der Waals surface area contributed by atoms with Crippen molar-refractivity contribution in [3.05, 3.63) is 48.6 Å². The largest absolute Gasteiger partial charge is 0.445 e. The van der Waals surface area contributed by atoms with Gasteiger partial charge in [-0.15, -0.1) is 0 Å². The summed E-state index contributed by atoms with van der Waals surface area (Å²) in [5, 5.41) is 2.31. The number of rotatable bonds is 7. The molecule has 0 aliphatic carbocycles. The molecule has 0 radical (unpaired) electrons. The summed E-state index contributed by atoms with van der Waals surface area (Å²) >= 11 is 0. The van der Waals surface area contributed by atoms with Gasteiger partial charge in [0.25, 0.3) is 0 Å². The van der Waals surface area contributed by atoms with Crippen molar-refractivity contribution in [2.24, 2.45) is 5.92 Å². The van der Waals surface area contributed by atoms with E-state index in [9.17, 15) is 18.0 Å². The van der Waals surface area contributed by atoms with Crippen molar-refractivity contribution in [1.29, 1.82) is 0 Å². The van der Waals surface area contributed by atoms with Gasteiger partial charge in [0.2, 0.25) is 15.9 Å². The second-order valence-electron chi connectivity index (χ2n) is 8.06. The van der Waals surface area contributed by atoms with Gasteiger partial charge in [-0.2, -0.15) is 0 Å². The van der Waals surface area contributed by atoms with Gasteiger partial charge in [-0.1, -0.05) is 36.9 Å². The van der Waals surface area contributed by atoms with Crippen molar-refractivity contribution in [3.63, 3.8) is 0 Å². The number of nitrogens with zero attached hydrogens (tertiary/aromatic N) is 2. The van der Waals surface area contributed by atoms with E-state index in [1.807, 2.05) is 30.3 Å². The minimum absolute atomic E-state index is 0.205. The Morgan fingerprint density at radius 3 is 2.32 bits per heavy atom. The van der Waals surface area contributed by atoms with E-state index in [2.05, 4.69) is 11.9 Å². The van der Waals surface area contributed by atoms with E-state index in [-0.39, 0.29) is 18.4 Å². The van der Waals surface area contributed by atoms with E-state index in [0.717, 1.165) is 18.4 Å². The van der Waals surface area contributed by atoms with Gasteiger partial charge in [-0.3, -0.25) is 4.79 Å². The Labute approximate surface area is 184 Å². The SMILES string of the molecule is C=CC(=O)NCC1CCN(S(=O)(=O)C2CCN(C(=O)OCc3ccccc3)CC2)CC1. The monoisotopic (exact) mass is 449 g/mol. The standard InChI is InChI=1S/C22H31N3O5S/c1-2-21(26)23-16-18-8-14-25(15-9-18)31(28,29)20-10-12-24(13-11-20)22(27)30-17-19-6-4-3-5-7-19/h2-7,18,20H,1,8-17H2,(H,23,26).